The molecule has 1 atom stereocenters. The average Bonchev–Trinajstić information content (AvgIpc) is 2.53. The molecule has 21 heavy (non-hydrogen) atoms. The molecule has 1 fully saturated rings. The van der Waals surface area contributed by atoms with Gasteiger partial charge in [0.05, 0.1) is 37.7 Å². The van der Waals surface area contributed by atoms with E-state index in [4.69, 9.17) is 4.74 Å². The van der Waals surface area contributed by atoms with Crippen molar-refractivity contribution in [3.8, 4) is 0 Å². The number of aliphatic hydroxyl groups is 1. The minimum absolute atomic E-state index is 0.122. The Morgan fingerprint density at radius 1 is 1.62 bits per heavy atom. The monoisotopic (exact) mass is 294 g/mol. The molecule has 2 N–H and O–H groups in total. The van der Waals surface area contributed by atoms with Crippen LogP contribution in [-0.4, -0.2) is 65.3 Å². The lowest BCUT2D eigenvalue weighted by Gasteiger charge is -2.34. The van der Waals surface area contributed by atoms with Crippen molar-refractivity contribution in [2.75, 3.05) is 38.7 Å². The number of carbonyl (C=O) groups excluding carboxylic acids is 1. The minimum Gasteiger partial charge on any atom is -0.394 e. The molecule has 0 aromatic carbocycles. The van der Waals surface area contributed by atoms with E-state index >= 15 is 0 Å². The molecule has 0 spiro atoms. The first-order chi connectivity index (χ1) is 10.1. The third-order valence-corrected chi connectivity index (χ3v) is 3.49. The van der Waals surface area contributed by atoms with Crippen molar-refractivity contribution < 1.29 is 14.6 Å². The van der Waals surface area contributed by atoms with E-state index in [2.05, 4.69) is 15.3 Å². The van der Waals surface area contributed by atoms with Crippen LogP contribution in [0.25, 0.3) is 0 Å². The van der Waals surface area contributed by atoms with E-state index in [1.807, 2.05) is 13.8 Å². The number of rotatable bonds is 4. The van der Waals surface area contributed by atoms with Crippen LogP contribution < -0.4 is 5.32 Å². The number of aromatic nitrogens is 2. The third kappa shape index (κ3) is 3.30. The molecule has 1 aliphatic heterocycles. The van der Waals surface area contributed by atoms with Crippen molar-refractivity contribution >= 4 is 11.6 Å². The molecular formula is C14H22N4O3. The molecule has 7 nitrogen and oxygen atoms in total. The van der Waals surface area contributed by atoms with Crippen LogP contribution in [0.1, 0.15) is 36.1 Å². The second-order valence-corrected chi connectivity index (χ2v) is 5.31. The van der Waals surface area contributed by atoms with Crippen molar-refractivity contribution in [3.63, 3.8) is 0 Å². The lowest BCUT2D eigenvalue weighted by Crippen LogP contribution is -2.50. The highest BCUT2D eigenvalue weighted by Gasteiger charge is 2.30. The van der Waals surface area contributed by atoms with Crippen LogP contribution in [0.3, 0.4) is 0 Å². The van der Waals surface area contributed by atoms with Crippen molar-refractivity contribution in [2.45, 2.75) is 25.8 Å². The summed E-state index contributed by atoms with van der Waals surface area (Å²) in [4.78, 5) is 23.0. The van der Waals surface area contributed by atoms with Crippen LogP contribution in [-0.2, 0) is 4.74 Å². The number of nitrogens with zero attached hydrogens (tertiary/aromatic N) is 3. The van der Waals surface area contributed by atoms with Crippen LogP contribution in [0.2, 0.25) is 0 Å². The van der Waals surface area contributed by atoms with Crippen LogP contribution >= 0.6 is 0 Å². The standard InChI is InChI=1S/C14H22N4O3/c1-9(2)13-16-6-11(15-3)12(17-13)14(20)18-4-5-21-8-10(18)7-19/h6,9-10,15,19H,4-5,7-8H2,1-3H3. The first-order valence-corrected chi connectivity index (χ1v) is 7.12. The Kier molecular flexibility index (Phi) is 5.08. The molecule has 1 saturated heterocycles. The fourth-order valence-corrected chi connectivity index (χ4v) is 2.23. The predicted octanol–water partition coefficient (Wildman–Crippen LogP) is 0.475. The summed E-state index contributed by atoms with van der Waals surface area (Å²) in [6.45, 7) is 5.11. The Morgan fingerprint density at radius 3 is 3.00 bits per heavy atom. The Bertz CT molecular complexity index is 507. The van der Waals surface area contributed by atoms with Crippen molar-refractivity contribution in [1.82, 2.24) is 14.9 Å². The van der Waals surface area contributed by atoms with E-state index in [1.54, 1.807) is 18.1 Å². The first kappa shape index (κ1) is 15.7. The van der Waals surface area contributed by atoms with Gasteiger partial charge in [-0.3, -0.25) is 4.79 Å². The molecule has 0 bridgehead atoms. The maximum Gasteiger partial charge on any atom is 0.275 e. The van der Waals surface area contributed by atoms with Crippen molar-refractivity contribution in [2.24, 2.45) is 0 Å². The average molecular weight is 294 g/mol. The number of hydrogen-bond acceptors (Lipinski definition) is 6. The van der Waals surface area contributed by atoms with E-state index < -0.39 is 0 Å². The van der Waals surface area contributed by atoms with E-state index in [1.165, 1.54) is 0 Å². The van der Waals surface area contributed by atoms with Gasteiger partial charge in [0, 0.05) is 19.5 Å². The highest BCUT2D eigenvalue weighted by molar-refractivity contribution is 5.97. The van der Waals surface area contributed by atoms with Gasteiger partial charge < -0.3 is 20.1 Å². The maximum absolute atomic E-state index is 12.8. The topological polar surface area (TPSA) is 87.6 Å². The van der Waals surface area contributed by atoms with E-state index in [0.717, 1.165) is 0 Å². The zero-order valence-electron chi connectivity index (χ0n) is 12.7. The quantitative estimate of drug-likeness (QED) is 0.839. The smallest absolute Gasteiger partial charge is 0.275 e. The van der Waals surface area contributed by atoms with Gasteiger partial charge in [-0.15, -0.1) is 0 Å². The summed E-state index contributed by atoms with van der Waals surface area (Å²) in [5.74, 6) is 0.568. The Hall–Kier alpha value is -1.73. The second-order valence-electron chi connectivity index (χ2n) is 5.31. The Morgan fingerprint density at radius 2 is 2.38 bits per heavy atom. The van der Waals surface area contributed by atoms with Gasteiger partial charge in [-0.25, -0.2) is 9.97 Å². The normalized spacial score (nSPS) is 18.9. The van der Waals surface area contributed by atoms with Gasteiger partial charge in [-0.05, 0) is 0 Å². The lowest BCUT2D eigenvalue weighted by atomic mass is 10.1. The molecule has 116 valence electrons. The largest absolute Gasteiger partial charge is 0.394 e. The van der Waals surface area contributed by atoms with Crippen LogP contribution in [0.15, 0.2) is 6.20 Å². The van der Waals surface area contributed by atoms with Gasteiger partial charge in [0.1, 0.15) is 5.82 Å². The lowest BCUT2D eigenvalue weighted by molar-refractivity contribution is -0.0186. The number of hydrogen-bond donors (Lipinski definition) is 2. The molecule has 0 aliphatic carbocycles. The number of morpholine rings is 1. The summed E-state index contributed by atoms with van der Waals surface area (Å²) >= 11 is 0. The Labute approximate surface area is 124 Å². The van der Waals surface area contributed by atoms with Crippen LogP contribution in [0.5, 0.6) is 0 Å². The summed E-state index contributed by atoms with van der Waals surface area (Å²) in [6.07, 6.45) is 1.63. The van der Waals surface area contributed by atoms with Crippen molar-refractivity contribution in [3.05, 3.63) is 17.7 Å². The van der Waals surface area contributed by atoms with Crippen LogP contribution in [0, 0.1) is 0 Å². The molecule has 0 radical (unpaired) electrons. The van der Waals surface area contributed by atoms with Gasteiger partial charge in [0.25, 0.3) is 5.91 Å². The molecule has 1 aromatic heterocycles. The maximum atomic E-state index is 12.8. The number of aliphatic hydroxyl groups excluding tert-OH is 1. The van der Waals surface area contributed by atoms with Gasteiger partial charge in [-0.2, -0.15) is 0 Å². The predicted molar refractivity (Wildman–Crippen MR) is 78.4 cm³/mol. The molecule has 1 unspecified atom stereocenters. The molecule has 1 amide bonds. The summed E-state index contributed by atoms with van der Waals surface area (Å²) in [7, 11) is 1.73. The number of nitrogens with one attached hydrogen (secondary N) is 1. The zero-order chi connectivity index (χ0) is 15.4. The van der Waals surface area contributed by atoms with Crippen LogP contribution in [0.4, 0.5) is 5.69 Å². The highest BCUT2D eigenvalue weighted by atomic mass is 16.5. The molecule has 2 heterocycles. The molecule has 1 aliphatic rings. The summed E-state index contributed by atoms with van der Waals surface area (Å²) in [6, 6.07) is -0.326. The van der Waals surface area contributed by atoms with Crippen molar-refractivity contribution in [1.29, 1.82) is 0 Å². The van der Waals surface area contributed by atoms with Gasteiger partial charge >= 0.3 is 0 Å². The van der Waals surface area contributed by atoms with E-state index in [-0.39, 0.29) is 24.5 Å². The number of ether oxygens (including phenoxy) is 1. The molecule has 7 heteroatoms. The zero-order valence-corrected chi connectivity index (χ0v) is 12.7. The number of carbonyl (C=O) groups is 1. The van der Waals surface area contributed by atoms with Gasteiger partial charge in [0.15, 0.2) is 5.69 Å². The second kappa shape index (κ2) is 6.82. The number of amides is 1. The highest BCUT2D eigenvalue weighted by Crippen LogP contribution is 2.19. The van der Waals surface area contributed by atoms with Gasteiger partial charge in [-0.1, -0.05) is 13.8 Å². The first-order valence-electron chi connectivity index (χ1n) is 7.12. The summed E-state index contributed by atoms with van der Waals surface area (Å²) in [5, 5.41) is 12.4. The molecule has 0 saturated carbocycles. The summed E-state index contributed by atoms with van der Waals surface area (Å²) in [5.41, 5.74) is 0.934. The minimum atomic E-state index is -0.326. The molecule has 1 aromatic rings. The number of anilines is 1. The van der Waals surface area contributed by atoms with Gasteiger partial charge in [0.2, 0.25) is 0 Å². The fraction of sp³-hybridized carbons (Fsp3) is 0.643. The van der Waals surface area contributed by atoms with E-state index in [0.29, 0.717) is 37.0 Å². The SMILES string of the molecule is CNc1cnc(C(C)C)nc1C(=O)N1CCOCC1CO. The molecular weight excluding hydrogens is 272 g/mol. The Balaban J connectivity index is 2.34. The summed E-state index contributed by atoms with van der Waals surface area (Å²) < 4.78 is 5.31. The molecule has 2 rings (SSSR count). The fourth-order valence-electron chi connectivity index (χ4n) is 2.23. The van der Waals surface area contributed by atoms with E-state index in [9.17, 15) is 9.90 Å². The third-order valence-electron chi connectivity index (χ3n) is 3.49.